The van der Waals surface area contributed by atoms with Gasteiger partial charge in [-0.1, -0.05) is 149 Å². The molecule has 19 amide bonds. The number of aliphatic hydroxyl groups excluding tert-OH is 4. The number of carbonyl (C=O) groups is 20. The molecule has 2 fully saturated rings. The minimum absolute atomic E-state index is 0.0437. The Morgan fingerprint density at radius 3 is 1.30 bits per heavy atom. The van der Waals surface area contributed by atoms with Gasteiger partial charge in [0.15, 0.2) is 0 Å². The van der Waals surface area contributed by atoms with E-state index in [2.05, 4.69) is 90.4 Å². The smallest absolute Gasteiger partial charge is 0.328 e. The fourth-order valence-electron chi connectivity index (χ4n) is 15.4. The van der Waals surface area contributed by atoms with Crippen LogP contribution in [0.1, 0.15) is 254 Å². The first-order valence-corrected chi connectivity index (χ1v) is 48.9. The average Bonchev–Trinajstić information content (AvgIpc) is 1.68. The number of unbranched alkanes of at least 4 members (excludes halogenated alkanes) is 3. The van der Waals surface area contributed by atoms with Gasteiger partial charge in [0.25, 0.3) is 11.8 Å². The summed E-state index contributed by atoms with van der Waals surface area (Å²) in [5.74, 6) is -23.3. The van der Waals surface area contributed by atoms with Gasteiger partial charge in [-0.15, -0.1) is 0 Å². The van der Waals surface area contributed by atoms with E-state index in [1.54, 1.807) is 111 Å². The third kappa shape index (κ3) is 43.0. The fourth-order valence-corrected chi connectivity index (χ4v) is 15.4. The largest absolute Gasteiger partial charge is 0.458 e. The molecular formula is C94H163N21O25. The van der Waals surface area contributed by atoms with Crippen molar-refractivity contribution in [1.82, 2.24) is 95.3 Å². The molecule has 0 aromatic heterocycles. The molecule has 2 heterocycles. The molecule has 46 heteroatoms. The number of aliphatic hydroxyl groups is 4. The van der Waals surface area contributed by atoms with E-state index in [4.69, 9.17) is 21.9 Å². The van der Waals surface area contributed by atoms with Crippen LogP contribution in [0.4, 0.5) is 0 Å². The standard InChI is InChI=1S/C94H163N21O25/c1-21-24-25-29-56(119)44-71(121)98-58(23-3)93(138)115-38-28-31-69(115)87(132)108-67(45-117)85(130)105-65(42-49(8)9)83(128)111-73(52(14)15)90(135)109-68(46-118)86(131)106-66(43-50(10)11)84(129)112-75(54(18)19)91(136)113-74(53(16)17)89(134)102-59(32-33-70(97)120)78(123)104-64(41-48(6)7)82(127)110-72(51(12)13)88(133)99-57(22-2)77(122)114-76-55(20)140-94(139)62(30-26-27-36-95)103-79(124)60(34-37-96)100-80(125)61(35-39-116)101-81(126)63(40-47(4)5)107-92(76)137/h22-23,47-56,59-69,72-76,116-119H,21,24-46,95-96H2,1-20H3,(H2,97,120)(H,98,121)(H,99,133)(H,100,125)(H,101,126)(H,102,134)(H,103,124)(H,104,123)(H,105,130)(H,106,131)(H,107,137)(H,108,132)(H,109,135)(H,110,127)(H,111,128)(H,112,129)(H,113,136)(H,114,122)/b57-22-,58-23-/t55-,56+,59-,60-,61+,62+,63-,64+,65-,66-,67+,68-,69-,72-,73+,74+,75+,76-/m0/s1. The number of primary amides is 1. The summed E-state index contributed by atoms with van der Waals surface area (Å²) in [7, 11) is 0. The quantitative estimate of drug-likeness (QED) is 0.0159. The van der Waals surface area contributed by atoms with Gasteiger partial charge in [0.2, 0.25) is 100 Å². The second-order valence-corrected chi connectivity index (χ2v) is 38.8. The van der Waals surface area contributed by atoms with Gasteiger partial charge in [-0.2, -0.15) is 0 Å². The van der Waals surface area contributed by atoms with Gasteiger partial charge in [0.1, 0.15) is 114 Å². The van der Waals surface area contributed by atoms with E-state index in [1.807, 2.05) is 6.92 Å². The van der Waals surface area contributed by atoms with Crippen LogP contribution in [-0.2, 0) is 101 Å². The highest BCUT2D eigenvalue weighted by Gasteiger charge is 2.44. The number of cyclic esters (lactones) is 1. The molecule has 0 aliphatic carbocycles. The maximum atomic E-state index is 14.7. The van der Waals surface area contributed by atoms with Crippen molar-refractivity contribution in [3.8, 4) is 0 Å². The Morgan fingerprint density at radius 2 is 0.871 bits per heavy atom. The van der Waals surface area contributed by atoms with E-state index in [0.717, 1.165) is 18.9 Å². The Morgan fingerprint density at radius 1 is 0.457 bits per heavy atom. The normalized spacial score (nSPS) is 19.9. The van der Waals surface area contributed by atoms with E-state index >= 15 is 0 Å². The van der Waals surface area contributed by atoms with Gasteiger partial charge in [0, 0.05) is 19.6 Å². The third-order valence-electron chi connectivity index (χ3n) is 23.3. The number of likely N-dealkylation sites (tertiary alicyclic amines) is 1. The lowest BCUT2D eigenvalue weighted by Crippen LogP contribution is -2.62. The van der Waals surface area contributed by atoms with Crippen LogP contribution in [0.15, 0.2) is 23.5 Å². The highest BCUT2D eigenvalue weighted by atomic mass is 16.5. The van der Waals surface area contributed by atoms with Crippen molar-refractivity contribution in [1.29, 1.82) is 0 Å². The zero-order chi connectivity index (χ0) is 106. The Kier molecular flexibility index (Phi) is 56.5. The zero-order valence-electron chi connectivity index (χ0n) is 85.2. The monoisotopic (exact) mass is 1990 g/mol. The van der Waals surface area contributed by atoms with Crippen LogP contribution in [0.25, 0.3) is 0 Å². The molecule has 0 radical (unpaired) electrons. The van der Waals surface area contributed by atoms with Crippen LogP contribution < -0.4 is 108 Å². The Bertz CT molecular complexity index is 4220. The molecule has 2 saturated heterocycles. The first kappa shape index (κ1) is 125. The molecule has 140 heavy (non-hydrogen) atoms. The molecule has 46 nitrogen and oxygen atoms in total. The number of allylic oxidation sites excluding steroid dienone is 2. The second-order valence-electron chi connectivity index (χ2n) is 38.8. The van der Waals surface area contributed by atoms with Crippen LogP contribution in [0.5, 0.6) is 0 Å². The Balaban J connectivity index is 2.45. The van der Waals surface area contributed by atoms with Crippen LogP contribution in [0.3, 0.4) is 0 Å². The second kappa shape index (κ2) is 63.4. The van der Waals surface area contributed by atoms with E-state index in [9.17, 15) is 116 Å². The zero-order valence-corrected chi connectivity index (χ0v) is 85.2. The summed E-state index contributed by atoms with van der Waals surface area (Å²) >= 11 is 0. The lowest BCUT2D eigenvalue weighted by atomic mass is 9.97. The molecule has 18 atom stereocenters. The molecule has 2 rings (SSSR count). The molecule has 0 saturated carbocycles. The van der Waals surface area contributed by atoms with Gasteiger partial charge in [0.05, 0.1) is 25.7 Å². The maximum absolute atomic E-state index is 14.7. The number of esters is 1. The van der Waals surface area contributed by atoms with Crippen LogP contribution in [0.2, 0.25) is 0 Å². The van der Waals surface area contributed by atoms with Crippen molar-refractivity contribution in [3.05, 3.63) is 23.5 Å². The number of nitrogens with one attached hydrogen (secondary N) is 17. The summed E-state index contributed by atoms with van der Waals surface area (Å²) < 4.78 is 5.83. The number of hydrogen-bond donors (Lipinski definition) is 24. The Hall–Kier alpha value is -11.4. The van der Waals surface area contributed by atoms with Crippen LogP contribution >= 0.6 is 0 Å². The number of ether oxygens (including phenoxy) is 1. The van der Waals surface area contributed by atoms with E-state index in [-0.39, 0.29) is 113 Å². The maximum Gasteiger partial charge on any atom is 0.328 e. The topological polar surface area (TPSA) is 717 Å². The van der Waals surface area contributed by atoms with Crippen molar-refractivity contribution < 1.29 is 121 Å². The highest BCUT2D eigenvalue weighted by Crippen LogP contribution is 2.23. The molecule has 0 unspecified atom stereocenters. The van der Waals surface area contributed by atoms with Gasteiger partial charge >= 0.3 is 5.97 Å². The number of carbonyl (C=O) groups excluding carboxylic acids is 20. The van der Waals surface area contributed by atoms with Gasteiger partial charge in [-0.05, 0) is 165 Å². The van der Waals surface area contributed by atoms with Crippen molar-refractivity contribution in [2.45, 2.75) is 363 Å². The van der Waals surface area contributed by atoms with Crippen molar-refractivity contribution >= 4 is 118 Å². The van der Waals surface area contributed by atoms with Gasteiger partial charge < -0.3 is 138 Å². The summed E-state index contributed by atoms with van der Waals surface area (Å²) in [5.41, 5.74) is 16.5. The van der Waals surface area contributed by atoms with Gasteiger partial charge in [-0.3, -0.25) is 91.1 Å². The summed E-state index contributed by atoms with van der Waals surface area (Å²) in [6.07, 6.45) is 1.95. The highest BCUT2D eigenvalue weighted by molar-refractivity contribution is 6.05. The Labute approximate surface area is 821 Å². The minimum atomic E-state index is -1.89. The number of hydrogen-bond acceptors (Lipinski definition) is 27. The molecule has 794 valence electrons. The number of nitrogens with zero attached hydrogens (tertiary/aromatic N) is 1. The predicted octanol–water partition coefficient (Wildman–Crippen LogP) is -3.52. The molecule has 0 aromatic rings. The van der Waals surface area contributed by atoms with E-state index in [1.165, 1.54) is 31.7 Å². The third-order valence-corrected chi connectivity index (χ3v) is 23.3. The van der Waals surface area contributed by atoms with Crippen LogP contribution in [-0.4, -0.2) is 292 Å². The summed E-state index contributed by atoms with van der Waals surface area (Å²) in [4.78, 5) is 284. The minimum Gasteiger partial charge on any atom is -0.458 e. The lowest BCUT2D eigenvalue weighted by molar-refractivity contribution is -0.156. The SMILES string of the molecule is C/C=C(\NC(=O)[C@@H](NC(=O)[C@@H](CC(C)C)NC(=O)[C@H](CCC(N)=O)NC(=O)[C@H](NC(=O)[C@H](NC(=O)[C@H](CC(C)C)NC(=O)[C@H](CO)NC(=O)[C@H](NC(=O)[C@H](CC(C)C)NC(=O)[C@@H](CO)NC(=O)[C@@H]1CCCN1C(=O)/C(=C/C)NC(=O)C[C@H](O)CCCCC)C(C)C)C(C)C)C(C)C)C(C)C)C(=O)N[C@@H]1C(=O)N[C@@H](CC(C)C)C(=O)N[C@H](CCO)C(=O)N[C@@H](CCN)C(=O)N[C@H](CCCCN)C(=O)O[C@H]1C. The number of rotatable bonds is 57. The average molecular weight is 1990 g/mol. The van der Waals surface area contributed by atoms with Gasteiger partial charge in [-0.25, -0.2) is 4.79 Å². The first-order chi connectivity index (χ1) is 65.7. The fraction of sp³-hybridized carbons (Fsp3) is 0.745. The molecule has 2 aliphatic rings. The van der Waals surface area contributed by atoms with E-state index < -0.39 is 289 Å². The molecular weight excluding hydrogens is 1820 g/mol. The number of amides is 19. The summed E-state index contributed by atoms with van der Waals surface area (Å²) in [6, 6.07) is -24.2. The van der Waals surface area contributed by atoms with Crippen molar-refractivity contribution in [3.63, 3.8) is 0 Å². The van der Waals surface area contributed by atoms with Crippen molar-refractivity contribution in [2.75, 3.05) is 39.5 Å². The summed E-state index contributed by atoms with van der Waals surface area (Å²) in [6.45, 7) is 29.8. The first-order valence-electron chi connectivity index (χ1n) is 48.9. The summed E-state index contributed by atoms with van der Waals surface area (Å²) in [5, 5.41) is 84.9. The molecule has 27 N–H and O–H groups in total. The number of nitrogens with two attached hydrogens (primary N) is 3. The van der Waals surface area contributed by atoms with E-state index in [0.29, 0.717) is 25.7 Å². The molecule has 0 aromatic carbocycles. The van der Waals surface area contributed by atoms with Crippen molar-refractivity contribution in [2.24, 2.45) is 64.5 Å². The molecule has 0 bridgehead atoms. The lowest BCUT2D eigenvalue weighted by Gasteiger charge is -2.31. The van der Waals surface area contributed by atoms with Crippen LogP contribution in [0, 0.1) is 47.3 Å². The molecule has 0 spiro atoms. The predicted molar refractivity (Wildman–Crippen MR) is 516 cm³/mol. The molecule has 2 aliphatic heterocycles.